The molecule has 0 atom stereocenters. The fourth-order valence-corrected chi connectivity index (χ4v) is 2.12. The quantitative estimate of drug-likeness (QED) is 0.824. The molecule has 1 amide bonds. The van der Waals surface area contributed by atoms with Crippen molar-refractivity contribution in [1.82, 2.24) is 10.2 Å². The Balaban J connectivity index is 2.17. The van der Waals surface area contributed by atoms with E-state index in [1.807, 2.05) is 18.2 Å². The zero-order valence-electron chi connectivity index (χ0n) is 9.38. The summed E-state index contributed by atoms with van der Waals surface area (Å²) in [6.45, 7) is 0. The van der Waals surface area contributed by atoms with Crippen molar-refractivity contribution in [1.29, 1.82) is 5.26 Å². The van der Waals surface area contributed by atoms with Crippen LogP contribution in [0.2, 0.25) is 0 Å². The Morgan fingerprint density at radius 2 is 2.28 bits per heavy atom. The monoisotopic (exact) mass is 258 g/mol. The van der Waals surface area contributed by atoms with Crippen LogP contribution in [-0.4, -0.2) is 21.9 Å². The van der Waals surface area contributed by atoms with Gasteiger partial charge in [-0.15, -0.1) is 11.8 Å². The molecule has 5 nitrogen and oxygen atoms in total. The fourth-order valence-electron chi connectivity index (χ4n) is 1.41. The van der Waals surface area contributed by atoms with E-state index in [9.17, 15) is 4.79 Å². The average Bonchev–Trinajstić information content (AvgIpc) is 2.89. The van der Waals surface area contributed by atoms with E-state index < -0.39 is 0 Å². The summed E-state index contributed by atoms with van der Waals surface area (Å²) >= 11 is 1.34. The molecule has 0 spiro atoms. The highest BCUT2D eigenvalue weighted by molar-refractivity contribution is 7.99. The molecule has 6 heteroatoms. The number of nitriles is 1. The van der Waals surface area contributed by atoms with Gasteiger partial charge in [0.05, 0.1) is 23.6 Å². The van der Waals surface area contributed by atoms with E-state index >= 15 is 0 Å². The van der Waals surface area contributed by atoms with E-state index in [1.165, 1.54) is 11.8 Å². The van der Waals surface area contributed by atoms with Crippen LogP contribution < -0.4 is 5.32 Å². The summed E-state index contributed by atoms with van der Waals surface area (Å²) in [7, 11) is 0. The summed E-state index contributed by atoms with van der Waals surface area (Å²) in [6.07, 6.45) is 1.56. The number of aromatic nitrogens is 2. The third kappa shape index (κ3) is 2.90. The first-order valence-electron chi connectivity index (χ1n) is 5.21. The highest BCUT2D eigenvalue weighted by atomic mass is 32.2. The lowest BCUT2D eigenvalue weighted by Crippen LogP contribution is -2.13. The number of nitrogens with one attached hydrogen (secondary N) is 2. The van der Waals surface area contributed by atoms with Crippen molar-refractivity contribution in [2.75, 3.05) is 11.1 Å². The highest BCUT2D eigenvalue weighted by Crippen LogP contribution is 2.22. The first-order chi connectivity index (χ1) is 8.81. The molecule has 18 heavy (non-hydrogen) atoms. The second-order valence-electron chi connectivity index (χ2n) is 3.37. The van der Waals surface area contributed by atoms with Gasteiger partial charge >= 0.3 is 0 Å². The molecule has 0 unspecified atom stereocenters. The van der Waals surface area contributed by atoms with Gasteiger partial charge in [-0.1, -0.05) is 12.1 Å². The maximum atomic E-state index is 12.0. The van der Waals surface area contributed by atoms with Crippen LogP contribution in [0.4, 0.5) is 5.82 Å². The Morgan fingerprint density at radius 1 is 1.44 bits per heavy atom. The van der Waals surface area contributed by atoms with Crippen molar-refractivity contribution in [3.05, 3.63) is 42.1 Å². The second kappa shape index (κ2) is 5.89. The van der Waals surface area contributed by atoms with Gasteiger partial charge in [0.15, 0.2) is 0 Å². The SMILES string of the molecule is N#CCSc1ccccc1C(=O)Nc1ccn[nH]1. The molecule has 0 aliphatic carbocycles. The molecule has 2 rings (SSSR count). The molecule has 1 aromatic heterocycles. The first-order valence-corrected chi connectivity index (χ1v) is 6.19. The molecule has 0 aliphatic rings. The van der Waals surface area contributed by atoms with Crippen molar-refractivity contribution in [2.45, 2.75) is 4.90 Å². The van der Waals surface area contributed by atoms with Crippen LogP contribution in [-0.2, 0) is 0 Å². The van der Waals surface area contributed by atoms with Crippen molar-refractivity contribution in [2.24, 2.45) is 0 Å². The third-order valence-electron chi connectivity index (χ3n) is 2.17. The minimum absolute atomic E-state index is 0.222. The van der Waals surface area contributed by atoms with Gasteiger partial charge in [-0.05, 0) is 12.1 Å². The lowest BCUT2D eigenvalue weighted by Gasteiger charge is -2.07. The molecule has 0 bridgehead atoms. The zero-order chi connectivity index (χ0) is 12.8. The zero-order valence-corrected chi connectivity index (χ0v) is 10.2. The largest absolute Gasteiger partial charge is 0.307 e. The Labute approximate surface area is 108 Å². The number of carbonyl (C=O) groups is 1. The fraction of sp³-hybridized carbons (Fsp3) is 0.0833. The maximum Gasteiger partial charge on any atom is 0.257 e. The van der Waals surface area contributed by atoms with Gasteiger partial charge in [0.1, 0.15) is 5.82 Å². The minimum Gasteiger partial charge on any atom is -0.307 e. The summed E-state index contributed by atoms with van der Waals surface area (Å²) < 4.78 is 0. The van der Waals surface area contributed by atoms with E-state index in [-0.39, 0.29) is 5.91 Å². The number of anilines is 1. The summed E-state index contributed by atoms with van der Waals surface area (Å²) in [6, 6.07) is 10.9. The summed E-state index contributed by atoms with van der Waals surface area (Å²) in [4.78, 5) is 12.8. The number of hydrogen-bond acceptors (Lipinski definition) is 4. The molecule has 0 radical (unpaired) electrons. The Bertz CT molecular complexity index is 574. The molecule has 2 N–H and O–H groups in total. The molecular formula is C12H10N4OS. The van der Waals surface area contributed by atoms with E-state index in [0.29, 0.717) is 17.1 Å². The van der Waals surface area contributed by atoms with Gasteiger partial charge in [0.25, 0.3) is 5.91 Å². The van der Waals surface area contributed by atoms with Gasteiger partial charge in [-0.3, -0.25) is 9.89 Å². The van der Waals surface area contributed by atoms with Crippen molar-refractivity contribution >= 4 is 23.5 Å². The molecule has 1 aromatic carbocycles. The highest BCUT2D eigenvalue weighted by Gasteiger charge is 2.11. The molecule has 2 aromatic rings. The molecular weight excluding hydrogens is 248 g/mol. The predicted molar refractivity (Wildman–Crippen MR) is 69.3 cm³/mol. The predicted octanol–water partition coefficient (Wildman–Crippen LogP) is 2.28. The van der Waals surface area contributed by atoms with Crippen LogP contribution in [0.1, 0.15) is 10.4 Å². The first kappa shape index (κ1) is 12.2. The van der Waals surface area contributed by atoms with Crippen LogP contribution >= 0.6 is 11.8 Å². The number of aromatic amines is 1. The van der Waals surface area contributed by atoms with Crippen molar-refractivity contribution < 1.29 is 4.79 Å². The Hall–Kier alpha value is -2.26. The van der Waals surface area contributed by atoms with Gasteiger partial charge in [0.2, 0.25) is 0 Å². The number of H-pyrrole nitrogens is 1. The minimum atomic E-state index is -0.222. The number of rotatable bonds is 4. The molecule has 0 aliphatic heterocycles. The van der Waals surface area contributed by atoms with Crippen molar-refractivity contribution in [3.63, 3.8) is 0 Å². The lowest BCUT2D eigenvalue weighted by molar-refractivity contribution is 0.102. The van der Waals surface area contributed by atoms with E-state index in [4.69, 9.17) is 5.26 Å². The van der Waals surface area contributed by atoms with Gasteiger partial charge < -0.3 is 5.32 Å². The summed E-state index contributed by atoms with van der Waals surface area (Å²) in [5, 5.41) is 17.7. The molecule has 0 fully saturated rings. The van der Waals surface area contributed by atoms with Crippen LogP contribution in [0.3, 0.4) is 0 Å². The summed E-state index contributed by atoms with van der Waals surface area (Å²) in [5.41, 5.74) is 0.548. The van der Waals surface area contributed by atoms with Crippen LogP contribution in [0.5, 0.6) is 0 Å². The van der Waals surface area contributed by atoms with Crippen LogP contribution in [0.25, 0.3) is 0 Å². The van der Waals surface area contributed by atoms with E-state index in [0.717, 1.165) is 4.90 Å². The maximum absolute atomic E-state index is 12.0. The smallest absolute Gasteiger partial charge is 0.257 e. The van der Waals surface area contributed by atoms with Crippen molar-refractivity contribution in [3.8, 4) is 6.07 Å². The lowest BCUT2D eigenvalue weighted by atomic mass is 10.2. The Morgan fingerprint density at radius 3 is 3.00 bits per heavy atom. The second-order valence-corrected chi connectivity index (χ2v) is 4.38. The van der Waals surface area contributed by atoms with Gasteiger partial charge in [0, 0.05) is 11.0 Å². The van der Waals surface area contributed by atoms with Gasteiger partial charge in [-0.25, -0.2) is 0 Å². The molecule has 90 valence electrons. The number of hydrogen-bond donors (Lipinski definition) is 2. The molecule has 1 heterocycles. The molecule has 0 saturated heterocycles. The number of amides is 1. The number of benzene rings is 1. The topological polar surface area (TPSA) is 81.6 Å². The summed E-state index contributed by atoms with van der Waals surface area (Å²) in [5.74, 6) is 0.634. The normalized spacial score (nSPS) is 9.72. The number of carbonyl (C=O) groups excluding carboxylic acids is 1. The number of nitrogens with zero attached hydrogens (tertiary/aromatic N) is 2. The standard InChI is InChI=1S/C12H10N4OS/c13-6-8-18-10-4-2-1-3-9(10)12(17)15-11-5-7-14-16-11/h1-5,7H,8H2,(H2,14,15,16,17). The van der Waals surface area contributed by atoms with Crippen LogP contribution in [0.15, 0.2) is 41.4 Å². The van der Waals surface area contributed by atoms with E-state index in [2.05, 4.69) is 15.5 Å². The van der Waals surface area contributed by atoms with E-state index in [1.54, 1.807) is 24.4 Å². The van der Waals surface area contributed by atoms with Crippen LogP contribution in [0, 0.1) is 11.3 Å². The Kier molecular flexibility index (Phi) is 3.99. The number of thioether (sulfide) groups is 1. The van der Waals surface area contributed by atoms with Gasteiger partial charge in [-0.2, -0.15) is 10.4 Å². The average molecular weight is 258 g/mol. The third-order valence-corrected chi connectivity index (χ3v) is 3.11. The molecule has 0 saturated carbocycles.